The minimum atomic E-state index is -0.364. The Bertz CT molecular complexity index is 601. The highest BCUT2D eigenvalue weighted by molar-refractivity contribution is 5.79. The van der Waals surface area contributed by atoms with E-state index in [1.54, 1.807) is 18.2 Å². The largest absolute Gasteiger partial charge is 0.335 e. The van der Waals surface area contributed by atoms with Crippen molar-refractivity contribution in [2.45, 2.75) is 51.2 Å². The van der Waals surface area contributed by atoms with Gasteiger partial charge in [-0.15, -0.1) is 0 Å². The number of benzene rings is 1. The van der Waals surface area contributed by atoms with Crippen LogP contribution in [0.1, 0.15) is 38.2 Å². The summed E-state index contributed by atoms with van der Waals surface area (Å²) >= 11 is 0. The smallest absolute Gasteiger partial charge is 0.274 e. The maximum atomic E-state index is 12.9. The second kappa shape index (κ2) is 6.66. The molecule has 124 valence electrons. The van der Waals surface area contributed by atoms with Crippen molar-refractivity contribution in [2.75, 3.05) is 6.54 Å². The summed E-state index contributed by atoms with van der Waals surface area (Å²) in [6.45, 7) is 3.31. The maximum Gasteiger partial charge on any atom is 0.274 e. The highest BCUT2D eigenvalue weighted by atomic mass is 16.6. The van der Waals surface area contributed by atoms with Crippen LogP contribution in [-0.4, -0.2) is 34.4 Å². The fourth-order valence-corrected chi connectivity index (χ4v) is 3.37. The van der Waals surface area contributed by atoms with Gasteiger partial charge in [-0.05, 0) is 39.2 Å². The summed E-state index contributed by atoms with van der Waals surface area (Å²) in [5.74, 6) is 0.202. The van der Waals surface area contributed by atoms with Crippen LogP contribution in [0.25, 0.3) is 0 Å². The third kappa shape index (κ3) is 3.69. The number of nitrogens with one attached hydrogen (secondary N) is 1. The molecule has 1 amide bonds. The van der Waals surface area contributed by atoms with Gasteiger partial charge in [0.15, 0.2) is 0 Å². The predicted molar refractivity (Wildman–Crippen MR) is 86.9 cm³/mol. The minimum absolute atomic E-state index is 0.0367. The van der Waals surface area contributed by atoms with Gasteiger partial charge in [-0.25, -0.2) is 0 Å². The van der Waals surface area contributed by atoms with Crippen molar-refractivity contribution in [1.29, 1.82) is 0 Å². The summed E-state index contributed by atoms with van der Waals surface area (Å²) in [6, 6.07) is 7.34. The van der Waals surface area contributed by atoms with Gasteiger partial charge < -0.3 is 10.2 Å². The molecule has 1 aliphatic carbocycles. The number of nitrogens with zero attached hydrogens (tertiary/aromatic N) is 2. The standard InChI is InChI=1S/C17H23N3O3/c1-12-10-13(8-9-18-12)17(21)19(15-6-7-15)11-14-4-2-3-5-16(14)20(22)23/h2-5,12-13,15,18H,6-11H2,1H3/t12-,13-/m0/s1. The van der Waals surface area contributed by atoms with Crippen molar-refractivity contribution >= 4 is 11.6 Å². The molecule has 23 heavy (non-hydrogen) atoms. The molecule has 1 aromatic rings. The first kappa shape index (κ1) is 15.9. The highest BCUT2D eigenvalue weighted by Gasteiger charge is 2.37. The number of nitro groups is 1. The predicted octanol–water partition coefficient (Wildman–Crippen LogP) is 2.47. The van der Waals surface area contributed by atoms with Gasteiger partial charge in [0.05, 0.1) is 11.5 Å². The molecule has 1 saturated heterocycles. The molecule has 0 radical (unpaired) electrons. The number of para-hydroxylation sites is 1. The molecule has 2 atom stereocenters. The first-order chi connectivity index (χ1) is 11.1. The molecule has 6 nitrogen and oxygen atoms in total. The number of piperidine rings is 1. The molecule has 0 aromatic heterocycles. The Balaban J connectivity index is 1.77. The topological polar surface area (TPSA) is 75.5 Å². The van der Waals surface area contributed by atoms with E-state index in [9.17, 15) is 14.9 Å². The number of carbonyl (C=O) groups excluding carboxylic acids is 1. The molecule has 0 spiro atoms. The molecular weight excluding hydrogens is 294 g/mol. The average Bonchev–Trinajstić information content (AvgIpc) is 3.37. The van der Waals surface area contributed by atoms with E-state index in [0.29, 0.717) is 18.2 Å². The summed E-state index contributed by atoms with van der Waals surface area (Å²) in [5.41, 5.74) is 0.726. The van der Waals surface area contributed by atoms with Gasteiger partial charge in [0.1, 0.15) is 0 Å². The van der Waals surface area contributed by atoms with Crippen molar-refractivity contribution in [2.24, 2.45) is 5.92 Å². The van der Waals surface area contributed by atoms with Crippen LogP contribution >= 0.6 is 0 Å². The summed E-state index contributed by atoms with van der Waals surface area (Å²) in [6.07, 6.45) is 3.71. The van der Waals surface area contributed by atoms with E-state index < -0.39 is 0 Å². The zero-order valence-electron chi connectivity index (χ0n) is 13.4. The molecule has 2 aliphatic rings. The molecule has 1 saturated carbocycles. The lowest BCUT2D eigenvalue weighted by molar-refractivity contribution is -0.385. The van der Waals surface area contributed by atoms with Crippen molar-refractivity contribution in [3.05, 3.63) is 39.9 Å². The lowest BCUT2D eigenvalue weighted by Crippen LogP contribution is -2.44. The molecule has 1 heterocycles. The third-order valence-electron chi connectivity index (χ3n) is 4.77. The minimum Gasteiger partial charge on any atom is -0.335 e. The molecule has 3 rings (SSSR count). The molecule has 1 aliphatic heterocycles. The van der Waals surface area contributed by atoms with Crippen LogP contribution in [0.5, 0.6) is 0 Å². The molecule has 0 unspecified atom stereocenters. The summed E-state index contributed by atoms with van der Waals surface area (Å²) in [7, 11) is 0. The van der Waals surface area contributed by atoms with E-state index in [-0.39, 0.29) is 28.5 Å². The van der Waals surface area contributed by atoms with E-state index in [1.807, 2.05) is 4.90 Å². The zero-order valence-corrected chi connectivity index (χ0v) is 13.4. The number of carbonyl (C=O) groups is 1. The van der Waals surface area contributed by atoms with Gasteiger partial charge >= 0.3 is 0 Å². The van der Waals surface area contributed by atoms with E-state index >= 15 is 0 Å². The van der Waals surface area contributed by atoms with Crippen LogP contribution in [0.4, 0.5) is 5.69 Å². The molecule has 6 heteroatoms. The van der Waals surface area contributed by atoms with E-state index in [4.69, 9.17) is 0 Å². The van der Waals surface area contributed by atoms with Crippen molar-refractivity contribution in [3.8, 4) is 0 Å². The highest BCUT2D eigenvalue weighted by Crippen LogP contribution is 2.33. The van der Waals surface area contributed by atoms with Gasteiger partial charge in [0.2, 0.25) is 5.91 Å². The number of hydrogen-bond donors (Lipinski definition) is 1. The summed E-state index contributed by atoms with van der Waals surface area (Å²) in [5, 5.41) is 14.6. The summed E-state index contributed by atoms with van der Waals surface area (Å²) < 4.78 is 0. The lowest BCUT2D eigenvalue weighted by atomic mass is 9.91. The van der Waals surface area contributed by atoms with Crippen LogP contribution in [0.3, 0.4) is 0 Å². The Morgan fingerprint density at radius 1 is 1.35 bits per heavy atom. The average molecular weight is 317 g/mol. The number of nitro benzene ring substituents is 1. The van der Waals surface area contributed by atoms with Crippen LogP contribution < -0.4 is 5.32 Å². The Morgan fingerprint density at radius 3 is 2.74 bits per heavy atom. The Kier molecular flexibility index (Phi) is 4.61. The third-order valence-corrected chi connectivity index (χ3v) is 4.77. The fraction of sp³-hybridized carbons (Fsp3) is 0.588. The van der Waals surface area contributed by atoms with Gasteiger partial charge in [-0.1, -0.05) is 18.2 Å². The zero-order chi connectivity index (χ0) is 16.4. The van der Waals surface area contributed by atoms with Crippen LogP contribution in [-0.2, 0) is 11.3 Å². The van der Waals surface area contributed by atoms with Gasteiger partial charge in [-0.3, -0.25) is 14.9 Å². The lowest BCUT2D eigenvalue weighted by Gasteiger charge is -2.32. The van der Waals surface area contributed by atoms with E-state index in [2.05, 4.69) is 12.2 Å². The van der Waals surface area contributed by atoms with Crippen LogP contribution in [0, 0.1) is 16.0 Å². The van der Waals surface area contributed by atoms with Crippen LogP contribution in [0.15, 0.2) is 24.3 Å². The number of rotatable bonds is 5. The Hall–Kier alpha value is -1.95. The molecule has 1 N–H and O–H groups in total. The first-order valence-corrected chi connectivity index (χ1v) is 8.32. The Morgan fingerprint density at radius 2 is 2.09 bits per heavy atom. The quantitative estimate of drug-likeness (QED) is 0.668. The fourth-order valence-electron chi connectivity index (χ4n) is 3.37. The van der Waals surface area contributed by atoms with E-state index in [0.717, 1.165) is 32.2 Å². The number of amides is 1. The normalized spacial score (nSPS) is 24.2. The molecule has 2 fully saturated rings. The van der Waals surface area contributed by atoms with Crippen LogP contribution in [0.2, 0.25) is 0 Å². The second-order valence-corrected chi connectivity index (χ2v) is 6.66. The number of hydrogen-bond acceptors (Lipinski definition) is 4. The monoisotopic (exact) mass is 317 g/mol. The molecular formula is C17H23N3O3. The first-order valence-electron chi connectivity index (χ1n) is 8.32. The van der Waals surface area contributed by atoms with Crippen molar-refractivity contribution in [1.82, 2.24) is 10.2 Å². The SMILES string of the molecule is C[C@H]1C[C@@H](C(=O)N(Cc2ccccc2[N+](=O)[O-])C2CC2)CCN1. The maximum absolute atomic E-state index is 12.9. The van der Waals surface area contributed by atoms with Crippen molar-refractivity contribution in [3.63, 3.8) is 0 Å². The second-order valence-electron chi connectivity index (χ2n) is 6.66. The summed E-state index contributed by atoms with van der Waals surface area (Å²) in [4.78, 5) is 25.7. The molecule has 0 bridgehead atoms. The Labute approximate surface area is 136 Å². The van der Waals surface area contributed by atoms with Gasteiger partial charge in [0.25, 0.3) is 5.69 Å². The van der Waals surface area contributed by atoms with E-state index in [1.165, 1.54) is 6.07 Å². The molecule has 1 aromatic carbocycles. The van der Waals surface area contributed by atoms with Crippen molar-refractivity contribution < 1.29 is 9.72 Å². The van der Waals surface area contributed by atoms with Gasteiger partial charge in [-0.2, -0.15) is 0 Å². The van der Waals surface area contributed by atoms with Gasteiger partial charge in [0, 0.05) is 29.6 Å².